The van der Waals surface area contributed by atoms with E-state index in [0.29, 0.717) is 13.0 Å². The van der Waals surface area contributed by atoms with Crippen molar-refractivity contribution in [2.75, 3.05) is 19.7 Å². The molecular weight excluding hydrogens is 476 g/mol. The normalized spacial score (nSPS) is 13.9. The monoisotopic (exact) mass is 510 g/mol. The Kier molecular flexibility index (Phi) is 8.46. The van der Waals surface area contributed by atoms with E-state index in [4.69, 9.17) is 9.72 Å². The van der Waals surface area contributed by atoms with Crippen molar-refractivity contribution in [1.29, 1.82) is 0 Å². The second-order valence-electron chi connectivity index (χ2n) is 9.72. The maximum Gasteiger partial charge on any atom is 0.229 e. The first-order valence-corrected chi connectivity index (χ1v) is 13.5. The van der Waals surface area contributed by atoms with E-state index in [0.717, 1.165) is 79.1 Å². The fourth-order valence-corrected chi connectivity index (χ4v) is 4.90. The molecule has 0 saturated carbocycles. The number of nitrogens with zero attached hydrogens (tertiary/aromatic N) is 2. The van der Waals surface area contributed by atoms with Crippen molar-refractivity contribution in [1.82, 2.24) is 20.2 Å². The smallest absolute Gasteiger partial charge is 0.229 e. The number of hydrogen-bond donors (Lipinski definition) is 2. The molecule has 0 aliphatic carbocycles. The molecule has 7 heteroatoms. The summed E-state index contributed by atoms with van der Waals surface area (Å²) in [5.74, 6) is 1.33. The second kappa shape index (κ2) is 12.5. The first kappa shape index (κ1) is 25.7. The summed E-state index contributed by atoms with van der Waals surface area (Å²) in [5, 5.41) is 5.80. The van der Waals surface area contributed by atoms with Crippen LogP contribution in [-0.4, -0.2) is 41.1 Å². The Hall–Kier alpha value is -3.97. The lowest BCUT2D eigenvalue weighted by Crippen LogP contribution is -2.40. The average molecular weight is 511 g/mol. The molecule has 196 valence electrons. The summed E-state index contributed by atoms with van der Waals surface area (Å²) >= 11 is 0. The summed E-state index contributed by atoms with van der Waals surface area (Å²) in [6.07, 6.45) is 4.37. The number of para-hydroxylation sites is 1. The zero-order chi connectivity index (χ0) is 26.2. The van der Waals surface area contributed by atoms with Crippen molar-refractivity contribution in [3.63, 3.8) is 0 Å². The van der Waals surface area contributed by atoms with Gasteiger partial charge in [-0.25, -0.2) is 4.98 Å². The topological polar surface area (TPSA) is 85.2 Å². The number of fused-ring (bicyclic) bond motifs is 1. The van der Waals surface area contributed by atoms with Gasteiger partial charge in [0.05, 0.1) is 17.6 Å². The van der Waals surface area contributed by atoms with Gasteiger partial charge in [-0.3, -0.25) is 19.5 Å². The highest BCUT2D eigenvalue weighted by atomic mass is 16.5. The first-order chi connectivity index (χ1) is 18.7. The van der Waals surface area contributed by atoms with Crippen molar-refractivity contribution in [2.45, 2.75) is 38.5 Å². The van der Waals surface area contributed by atoms with Crippen molar-refractivity contribution in [2.24, 2.45) is 5.92 Å². The van der Waals surface area contributed by atoms with Crippen LogP contribution in [0.2, 0.25) is 0 Å². The van der Waals surface area contributed by atoms with Gasteiger partial charge in [0.2, 0.25) is 11.8 Å². The van der Waals surface area contributed by atoms with E-state index < -0.39 is 0 Å². The number of ether oxygens (including phenoxy) is 1. The molecule has 7 nitrogen and oxygen atoms in total. The van der Waals surface area contributed by atoms with Gasteiger partial charge in [-0.05, 0) is 69.5 Å². The fraction of sp³-hybridized carbons (Fsp3) is 0.323. The number of imide groups is 1. The quantitative estimate of drug-likeness (QED) is 0.284. The lowest BCUT2D eigenvalue weighted by atomic mass is 9.97. The number of hydrogen-bond acceptors (Lipinski definition) is 5. The fourth-order valence-electron chi connectivity index (χ4n) is 4.90. The highest BCUT2D eigenvalue weighted by molar-refractivity contribution is 5.96. The van der Waals surface area contributed by atoms with E-state index in [-0.39, 0.29) is 17.7 Å². The number of aromatic nitrogens is 2. The lowest BCUT2D eigenvalue weighted by molar-refractivity contribution is -0.133. The zero-order valence-corrected chi connectivity index (χ0v) is 21.6. The van der Waals surface area contributed by atoms with Crippen LogP contribution >= 0.6 is 0 Å². The second-order valence-corrected chi connectivity index (χ2v) is 9.72. The first-order valence-electron chi connectivity index (χ1n) is 13.5. The Bertz CT molecular complexity index is 1360. The Balaban J connectivity index is 1.16. The molecule has 38 heavy (non-hydrogen) atoms. The third-order valence-electron chi connectivity index (χ3n) is 6.96. The van der Waals surface area contributed by atoms with Crippen LogP contribution in [0.5, 0.6) is 5.75 Å². The Morgan fingerprint density at radius 1 is 0.921 bits per heavy atom. The maximum atomic E-state index is 12.2. The number of rotatable bonds is 10. The largest absolute Gasteiger partial charge is 0.494 e. The molecule has 0 spiro atoms. The molecule has 2 heterocycles. The number of amides is 2. The molecular formula is C31H34N4O3. The van der Waals surface area contributed by atoms with Crippen LogP contribution in [0, 0.1) is 5.92 Å². The van der Waals surface area contributed by atoms with Gasteiger partial charge in [-0.15, -0.1) is 0 Å². The number of piperidine rings is 1. The van der Waals surface area contributed by atoms with E-state index in [1.165, 1.54) is 0 Å². The molecule has 3 aromatic carbocycles. The van der Waals surface area contributed by atoms with E-state index in [2.05, 4.69) is 39.5 Å². The number of nitrogens with one attached hydrogen (secondary N) is 2. The summed E-state index contributed by atoms with van der Waals surface area (Å²) in [5.41, 5.74) is 3.99. The van der Waals surface area contributed by atoms with Crippen LogP contribution in [0.25, 0.3) is 28.1 Å². The van der Waals surface area contributed by atoms with Crippen LogP contribution in [0.1, 0.15) is 38.5 Å². The minimum atomic E-state index is -0.178. The van der Waals surface area contributed by atoms with E-state index >= 15 is 0 Å². The molecule has 0 unspecified atom stereocenters. The van der Waals surface area contributed by atoms with Crippen molar-refractivity contribution in [3.05, 3.63) is 78.9 Å². The average Bonchev–Trinajstić information content (AvgIpc) is 3.35. The zero-order valence-electron chi connectivity index (χ0n) is 21.6. The van der Waals surface area contributed by atoms with E-state index in [9.17, 15) is 9.59 Å². The molecule has 1 fully saturated rings. The van der Waals surface area contributed by atoms with Gasteiger partial charge in [0.1, 0.15) is 11.6 Å². The van der Waals surface area contributed by atoms with Gasteiger partial charge in [-0.2, -0.15) is 0 Å². The number of benzene rings is 3. The molecule has 1 aromatic heterocycles. The van der Waals surface area contributed by atoms with Crippen LogP contribution in [-0.2, 0) is 9.59 Å². The SMILES string of the molecule is O=C(CCCCCOc1ccc2nc(-c3ccccc3)n(-c3ccccc3)c2c1)NC(=O)C1CCNCC1. The van der Waals surface area contributed by atoms with Gasteiger partial charge >= 0.3 is 0 Å². The molecule has 5 rings (SSSR count). The number of unbranched alkanes of at least 4 members (excludes halogenated alkanes) is 2. The minimum absolute atomic E-state index is 0.0482. The van der Waals surface area contributed by atoms with Gasteiger partial charge in [0, 0.05) is 29.7 Å². The highest BCUT2D eigenvalue weighted by Gasteiger charge is 2.22. The Labute approximate surface area is 223 Å². The van der Waals surface area contributed by atoms with Gasteiger partial charge in [0.15, 0.2) is 0 Å². The molecule has 4 aromatic rings. The van der Waals surface area contributed by atoms with Crippen LogP contribution < -0.4 is 15.4 Å². The lowest BCUT2D eigenvalue weighted by Gasteiger charge is -2.21. The van der Waals surface area contributed by atoms with Crippen LogP contribution in [0.15, 0.2) is 78.9 Å². The number of carbonyl (C=O) groups excluding carboxylic acids is 2. The third kappa shape index (κ3) is 6.29. The molecule has 2 amide bonds. The summed E-state index contributed by atoms with van der Waals surface area (Å²) < 4.78 is 8.24. The van der Waals surface area contributed by atoms with Crippen molar-refractivity contribution in [3.8, 4) is 22.8 Å². The van der Waals surface area contributed by atoms with E-state index in [1.54, 1.807) is 0 Å². The minimum Gasteiger partial charge on any atom is -0.494 e. The van der Waals surface area contributed by atoms with E-state index in [1.807, 2.05) is 54.6 Å². The Morgan fingerprint density at radius 3 is 2.42 bits per heavy atom. The maximum absolute atomic E-state index is 12.2. The van der Waals surface area contributed by atoms with Crippen LogP contribution in [0.4, 0.5) is 0 Å². The third-order valence-corrected chi connectivity index (χ3v) is 6.96. The summed E-state index contributed by atoms with van der Waals surface area (Å²) in [7, 11) is 0. The molecule has 1 aliphatic rings. The highest BCUT2D eigenvalue weighted by Crippen LogP contribution is 2.30. The number of carbonyl (C=O) groups is 2. The molecule has 0 radical (unpaired) electrons. The molecule has 1 saturated heterocycles. The standard InChI is InChI=1S/C31H34N4O3/c36-29(34-31(37)24-17-19-32-20-18-24)14-8-3-9-21-38-26-15-16-27-28(22-26)35(25-12-6-2-7-13-25)30(33-27)23-10-4-1-5-11-23/h1-2,4-7,10-13,15-16,22,24,32H,3,8-9,14,17-21H2,(H,34,36,37). The summed E-state index contributed by atoms with van der Waals surface area (Å²) in [4.78, 5) is 29.3. The molecule has 0 atom stereocenters. The number of imidazole rings is 1. The summed E-state index contributed by atoms with van der Waals surface area (Å²) in [6.45, 7) is 2.23. The van der Waals surface area contributed by atoms with Gasteiger partial charge in [0.25, 0.3) is 0 Å². The van der Waals surface area contributed by atoms with Crippen molar-refractivity contribution < 1.29 is 14.3 Å². The predicted molar refractivity (Wildman–Crippen MR) is 149 cm³/mol. The van der Waals surface area contributed by atoms with Crippen LogP contribution in [0.3, 0.4) is 0 Å². The van der Waals surface area contributed by atoms with Crippen molar-refractivity contribution >= 4 is 22.8 Å². The van der Waals surface area contributed by atoms with Gasteiger partial charge in [-0.1, -0.05) is 48.5 Å². The summed E-state index contributed by atoms with van der Waals surface area (Å²) in [6, 6.07) is 26.4. The van der Waals surface area contributed by atoms with Gasteiger partial charge < -0.3 is 10.1 Å². The predicted octanol–water partition coefficient (Wildman–Crippen LogP) is 5.27. The molecule has 1 aliphatic heterocycles. The Morgan fingerprint density at radius 2 is 1.66 bits per heavy atom. The molecule has 0 bridgehead atoms. The molecule has 2 N–H and O–H groups in total.